The number of methoxy groups -OCH3 is 1. The van der Waals surface area contributed by atoms with Crippen molar-refractivity contribution in [1.82, 2.24) is 0 Å². The highest BCUT2D eigenvalue weighted by atomic mass is 32.1. The number of hydrogen-bond donors (Lipinski definition) is 1. The molecule has 1 heterocycles. The fraction of sp³-hybridized carbons (Fsp3) is 0.560. The van der Waals surface area contributed by atoms with Crippen molar-refractivity contribution in [3.05, 3.63) is 49.9 Å². The smallest absolute Gasteiger partial charge is 0.344 e. The fourth-order valence-corrected chi connectivity index (χ4v) is 6.77. The third-order valence-corrected chi connectivity index (χ3v) is 8.35. The van der Waals surface area contributed by atoms with Gasteiger partial charge in [0.2, 0.25) is 0 Å². The zero-order chi connectivity index (χ0) is 24.0. The van der Waals surface area contributed by atoms with E-state index >= 15 is 0 Å². The van der Waals surface area contributed by atoms with Gasteiger partial charge in [-0.2, -0.15) is 0 Å². The Balaban J connectivity index is 2.04. The fourth-order valence-electron chi connectivity index (χ4n) is 5.18. The number of fused-ring (bicyclic) bond motifs is 1. The van der Waals surface area contributed by atoms with Gasteiger partial charge in [-0.1, -0.05) is 41.5 Å². The van der Waals surface area contributed by atoms with Gasteiger partial charge in [0.15, 0.2) is 0 Å². The van der Waals surface area contributed by atoms with Gasteiger partial charge in [-0.05, 0) is 60.3 Å². The first kappa shape index (κ1) is 24.2. The maximum atomic E-state index is 11.9. The molecule has 32 heavy (non-hydrogen) atoms. The van der Waals surface area contributed by atoms with Gasteiger partial charge in [-0.15, -0.1) is 11.3 Å². The summed E-state index contributed by atoms with van der Waals surface area (Å²) in [7, 11) is 1.22. The van der Waals surface area contributed by atoms with Gasteiger partial charge < -0.3 is 10.1 Å². The first-order valence-electron chi connectivity index (χ1n) is 11.1. The number of ether oxygens (including phenoxy) is 1. The molecule has 7 heteroatoms. The molecule has 0 aliphatic heterocycles. The molecule has 1 aliphatic carbocycles. The molecule has 1 aliphatic rings. The van der Waals surface area contributed by atoms with Crippen LogP contribution in [0.15, 0.2) is 18.2 Å². The Morgan fingerprint density at radius 2 is 1.97 bits per heavy atom. The minimum atomic E-state index is -0.717. The quantitative estimate of drug-likeness (QED) is 0.283. The molecule has 174 valence electrons. The molecule has 0 amide bonds. The van der Waals surface area contributed by atoms with Crippen LogP contribution in [-0.2, 0) is 15.6 Å². The normalized spacial score (nSPS) is 18.8. The Hall–Kier alpha value is -2.41. The van der Waals surface area contributed by atoms with Crippen molar-refractivity contribution in [2.24, 2.45) is 11.8 Å². The Labute approximate surface area is 194 Å². The van der Waals surface area contributed by atoms with E-state index in [4.69, 9.17) is 0 Å². The predicted molar refractivity (Wildman–Crippen MR) is 130 cm³/mol. The number of thiophene rings is 1. The molecular weight excluding hydrogens is 424 g/mol. The standard InChI is InChI=1S/C25H34N2O4S/c1-14(2)11-16-13-24(4,5)20-15(3)22(32-21(20)25(16,6)7)26-17-9-10-18(23(28)31-8)19(12-17)27(29)30/h9-10,12,14,16,26H,11,13H2,1-8H3. The number of carbonyl (C=O) groups excluding carboxylic acids is 1. The van der Waals surface area contributed by atoms with Crippen LogP contribution in [0.25, 0.3) is 0 Å². The van der Waals surface area contributed by atoms with Crippen molar-refractivity contribution < 1.29 is 14.5 Å². The highest BCUT2D eigenvalue weighted by Gasteiger charge is 2.46. The SMILES string of the molecule is COC(=O)c1ccc(Nc2sc3c(c2C)C(C)(C)CC(CC(C)C)C3(C)C)cc1[N+](=O)[O-]. The Morgan fingerprint density at radius 3 is 2.53 bits per heavy atom. The summed E-state index contributed by atoms with van der Waals surface area (Å²) in [5.74, 6) is 0.520. The minimum Gasteiger partial charge on any atom is -0.465 e. The summed E-state index contributed by atoms with van der Waals surface area (Å²) in [6.45, 7) is 16.1. The molecular formula is C25H34N2O4S. The molecule has 0 bridgehead atoms. The van der Waals surface area contributed by atoms with Crippen LogP contribution in [-0.4, -0.2) is 18.0 Å². The minimum absolute atomic E-state index is 0.0518. The zero-order valence-electron chi connectivity index (χ0n) is 20.3. The number of nitrogens with one attached hydrogen (secondary N) is 1. The third kappa shape index (κ3) is 4.27. The number of hydrogen-bond acceptors (Lipinski definition) is 6. The molecule has 0 saturated carbocycles. The molecule has 0 spiro atoms. The Kier molecular flexibility index (Phi) is 6.44. The number of nitro benzene ring substituents is 1. The lowest BCUT2D eigenvalue weighted by Crippen LogP contribution is -2.41. The lowest BCUT2D eigenvalue weighted by Gasteiger charge is -2.47. The van der Waals surface area contributed by atoms with Crippen LogP contribution in [0.4, 0.5) is 16.4 Å². The van der Waals surface area contributed by atoms with Gasteiger partial charge in [-0.25, -0.2) is 4.79 Å². The summed E-state index contributed by atoms with van der Waals surface area (Å²) in [4.78, 5) is 24.3. The number of anilines is 2. The van der Waals surface area contributed by atoms with E-state index in [9.17, 15) is 14.9 Å². The van der Waals surface area contributed by atoms with E-state index in [1.165, 1.54) is 41.7 Å². The molecule has 1 unspecified atom stereocenters. The number of benzene rings is 1. The van der Waals surface area contributed by atoms with Crippen molar-refractivity contribution in [3.8, 4) is 0 Å². The number of rotatable bonds is 6. The monoisotopic (exact) mass is 458 g/mol. The van der Waals surface area contributed by atoms with E-state index in [-0.39, 0.29) is 22.1 Å². The summed E-state index contributed by atoms with van der Waals surface area (Å²) in [5.41, 5.74) is 2.99. The van der Waals surface area contributed by atoms with E-state index in [0.29, 0.717) is 17.5 Å². The molecule has 3 rings (SSSR count). The molecule has 2 aromatic rings. The van der Waals surface area contributed by atoms with Gasteiger partial charge in [0.1, 0.15) is 5.56 Å². The molecule has 0 fully saturated rings. The van der Waals surface area contributed by atoms with Crippen molar-refractivity contribution in [3.63, 3.8) is 0 Å². The predicted octanol–water partition coefficient (Wildman–Crippen LogP) is 7.12. The Morgan fingerprint density at radius 1 is 1.31 bits per heavy atom. The van der Waals surface area contributed by atoms with E-state index in [1.807, 2.05) is 0 Å². The molecule has 1 aromatic carbocycles. The van der Waals surface area contributed by atoms with Gasteiger partial charge in [0.05, 0.1) is 17.0 Å². The van der Waals surface area contributed by atoms with Crippen LogP contribution in [0.5, 0.6) is 0 Å². The highest BCUT2D eigenvalue weighted by Crippen LogP contribution is 2.56. The van der Waals surface area contributed by atoms with Crippen LogP contribution in [0.1, 0.15) is 80.7 Å². The van der Waals surface area contributed by atoms with Crippen LogP contribution in [0.2, 0.25) is 0 Å². The van der Waals surface area contributed by atoms with E-state index in [0.717, 1.165) is 11.4 Å². The summed E-state index contributed by atoms with van der Waals surface area (Å²) >= 11 is 1.75. The van der Waals surface area contributed by atoms with Crippen molar-refractivity contribution in [1.29, 1.82) is 0 Å². The van der Waals surface area contributed by atoms with Crippen molar-refractivity contribution >= 4 is 33.7 Å². The maximum absolute atomic E-state index is 11.9. The third-order valence-electron chi connectivity index (χ3n) is 6.80. The van der Waals surface area contributed by atoms with E-state index < -0.39 is 10.9 Å². The maximum Gasteiger partial charge on any atom is 0.344 e. The second kappa shape index (κ2) is 8.50. The van der Waals surface area contributed by atoms with Gasteiger partial charge >= 0.3 is 5.97 Å². The Bertz CT molecular complexity index is 1050. The lowest BCUT2D eigenvalue weighted by molar-refractivity contribution is -0.385. The number of nitrogens with zero attached hydrogens (tertiary/aromatic N) is 1. The molecule has 6 nitrogen and oxygen atoms in total. The number of nitro groups is 1. The summed E-state index contributed by atoms with van der Waals surface area (Å²) in [6, 6.07) is 4.54. The van der Waals surface area contributed by atoms with E-state index in [2.05, 4.69) is 58.5 Å². The summed E-state index contributed by atoms with van der Waals surface area (Å²) in [5, 5.41) is 15.9. The second-order valence-corrected chi connectivity index (χ2v) is 11.5. The second-order valence-electron chi connectivity index (χ2n) is 10.5. The van der Waals surface area contributed by atoms with Crippen LogP contribution < -0.4 is 5.32 Å². The zero-order valence-corrected chi connectivity index (χ0v) is 21.1. The molecule has 1 N–H and O–H groups in total. The van der Waals surface area contributed by atoms with Gasteiger partial charge in [0.25, 0.3) is 5.69 Å². The van der Waals surface area contributed by atoms with Crippen LogP contribution >= 0.6 is 11.3 Å². The van der Waals surface area contributed by atoms with Gasteiger partial charge in [0, 0.05) is 22.0 Å². The van der Waals surface area contributed by atoms with Crippen molar-refractivity contribution in [2.45, 2.75) is 72.1 Å². The topological polar surface area (TPSA) is 81.5 Å². The molecule has 1 atom stereocenters. The first-order chi connectivity index (χ1) is 14.8. The van der Waals surface area contributed by atoms with Gasteiger partial charge in [-0.3, -0.25) is 10.1 Å². The largest absolute Gasteiger partial charge is 0.465 e. The van der Waals surface area contributed by atoms with Crippen LogP contribution in [0.3, 0.4) is 0 Å². The molecule has 1 aromatic heterocycles. The average molecular weight is 459 g/mol. The average Bonchev–Trinajstić information content (AvgIpc) is 3.03. The lowest BCUT2D eigenvalue weighted by atomic mass is 9.58. The summed E-state index contributed by atoms with van der Waals surface area (Å²) < 4.78 is 4.68. The summed E-state index contributed by atoms with van der Waals surface area (Å²) in [6.07, 6.45) is 2.33. The molecule has 0 saturated heterocycles. The number of esters is 1. The van der Waals surface area contributed by atoms with Crippen LogP contribution in [0, 0.1) is 28.9 Å². The van der Waals surface area contributed by atoms with E-state index in [1.54, 1.807) is 17.4 Å². The highest BCUT2D eigenvalue weighted by molar-refractivity contribution is 7.16. The van der Waals surface area contributed by atoms with Crippen molar-refractivity contribution in [2.75, 3.05) is 12.4 Å². The number of carbonyl (C=O) groups is 1. The molecule has 0 radical (unpaired) electrons. The first-order valence-corrected chi connectivity index (χ1v) is 11.9.